The Bertz CT molecular complexity index is 25.4. The molecule has 0 unspecified atom stereocenters. The molecule has 0 aliphatic rings. The average Bonchev–Trinajstić information content (AvgIpc) is 1.35. The summed E-state index contributed by atoms with van der Waals surface area (Å²) in [4.78, 5) is 0. The summed E-state index contributed by atoms with van der Waals surface area (Å²) in [5.74, 6) is 0.898. The van der Waals surface area contributed by atoms with Gasteiger partial charge >= 0.3 is 0 Å². The van der Waals surface area contributed by atoms with Gasteiger partial charge in [0.2, 0.25) is 0 Å². The van der Waals surface area contributed by atoms with E-state index in [-0.39, 0.29) is 8.41 Å². The molecule has 0 saturated carbocycles. The minimum absolute atomic E-state index is 0. The summed E-state index contributed by atoms with van der Waals surface area (Å²) in [5.41, 5.74) is 0. The van der Waals surface area contributed by atoms with Crippen LogP contribution in [0.5, 0.6) is 0 Å². The van der Waals surface area contributed by atoms with Gasteiger partial charge in [0, 0.05) is 8.41 Å². The van der Waals surface area contributed by atoms with E-state index in [1.807, 2.05) is 0 Å². The molecular formula is C6H14B. The molecule has 0 heterocycles. The monoisotopic (exact) mass is 97.1 g/mol. The van der Waals surface area contributed by atoms with E-state index < -0.39 is 0 Å². The van der Waals surface area contributed by atoms with Crippen molar-refractivity contribution in [3.05, 3.63) is 0 Å². The van der Waals surface area contributed by atoms with E-state index >= 15 is 0 Å². The fraction of sp³-hybridized carbons (Fsp3) is 1.00. The van der Waals surface area contributed by atoms with Crippen LogP contribution >= 0.6 is 0 Å². The fourth-order valence-electron chi connectivity index (χ4n) is 0.577. The van der Waals surface area contributed by atoms with Crippen LogP contribution in [-0.4, -0.2) is 8.41 Å². The third-order valence-corrected chi connectivity index (χ3v) is 0.866. The van der Waals surface area contributed by atoms with Crippen molar-refractivity contribution in [2.75, 3.05) is 0 Å². The van der Waals surface area contributed by atoms with Crippen LogP contribution in [0.1, 0.15) is 33.6 Å². The van der Waals surface area contributed by atoms with Crippen molar-refractivity contribution in [1.29, 1.82) is 0 Å². The second-order valence-electron chi connectivity index (χ2n) is 2.18. The van der Waals surface area contributed by atoms with Gasteiger partial charge in [-0.2, -0.15) is 0 Å². The number of hydrogen-bond acceptors (Lipinski definition) is 0. The summed E-state index contributed by atoms with van der Waals surface area (Å²) >= 11 is 0. The predicted molar refractivity (Wildman–Crippen MR) is 35.5 cm³/mol. The van der Waals surface area contributed by atoms with Crippen molar-refractivity contribution in [2.45, 2.75) is 33.6 Å². The number of hydrogen-bond donors (Lipinski definition) is 0. The van der Waals surface area contributed by atoms with Crippen LogP contribution < -0.4 is 0 Å². The molecule has 41 valence electrons. The zero-order valence-electron chi connectivity index (χ0n) is 5.57. The molecule has 0 aliphatic heterocycles. The highest BCUT2D eigenvalue weighted by atomic mass is 13.9. The van der Waals surface area contributed by atoms with Crippen LogP contribution in [0.2, 0.25) is 0 Å². The molecule has 0 aromatic heterocycles. The molecule has 0 nitrogen and oxygen atoms in total. The van der Waals surface area contributed by atoms with Gasteiger partial charge in [-0.05, 0) is 5.92 Å². The second-order valence-corrected chi connectivity index (χ2v) is 2.18. The maximum Gasteiger partial charge on any atom is 0 e. The van der Waals surface area contributed by atoms with E-state index in [1.165, 1.54) is 12.8 Å². The quantitative estimate of drug-likeness (QED) is 0.462. The summed E-state index contributed by atoms with van der Waals surface area (Å²) in [5, 5.41) is 0. The van der Waals surface area contributed by atoms with E-state index in [0.717, 1.165) is 5.92 Å². The zero-order valence-corrected chi connectivity index (χ0v) is 5.57. The molecule has 0 fully saturated rings. The highest BCUT2D eigenvalue weighted by Crippen LogP contribution is 2.00. The SMILES string of the molecule is CCCC(C)C.[B]. The average molecular weight is 97.0 g/mol. The largest absolute Gasteiger partial charge is 0.0654 e. The molecule has 7 heavy (non-hydrogen) atoms. The van der Waals surface area contributed by atoms with E-state index in [9.17, 15) is 0 Å². The second kappa shape index (κ2) is 6.06. The minimum Gasteiger partial charge on any atom is -0.0654 e. The molecule has 0 aromatic rings. The first-order chi connectivity index (χ1) is 2.77. The molecule has 0 bridgehead atoms. The number of rotatable bonds is 2. The topological polar surface area (TPSA) is 0 Å². The first kappa shape index (κ1) is 10.1. The summed E-state index contributed by atoms with van der Waals surface area (Å²) in [6.45, 7) is 6.73. The van der Waals surface area contributed by atoms with E-state index in [4.69, 9.17) is 0 Å². The van der Waals surface area contributed by atoms with E-state index in [2.05, 4.69) is 20.8 Å². The molecule has 0 amide bonds. The summed E-state index contributed by atoms with van der Waals surface area (Å²) < 4.78 is 0. The molecular weight excluding hydrogens is 82.9 g/mol. The van der Waals surface area contributed by atoms with Crippen LogP contribution in [-0.2, 0) is 0 Å². The smallest absolute Gasteiger partial charge is 0 e. The van der Waals surface area contributed by atoms with Crippen LogP contribution in [0.25, 0.3) is 0 Å². The Morgan fingerprint density at radius 2 is 1.71 bits per heavy atom. The minimum atomic E-state index is 0. The molecule has 1 heteroatoms. The molecule has 0 spiro atoms. The molecule has 0 atom stereocenters. The summed E-state index contributed by atoms with van der Waals surface area (Å²) in [7, 11) is 0. The zero-order chi connectivity index (χ0) is 4.99. The summed E-state index contributed by atoms with van der Waals surface area (Å²) in [6, 6.07) is 0. The van der Waals surface area contributed by atoms with Gasteiger partial charge in [0.1, 0.15) is 0 Å². The Hall–Kier alpha value is 0.0649. The van der Waals surface area contributed by atoms with Crippen LogP contribution in [0.4, 0.5) is 0 Å². The molecule has 0 N–H and O–H groups in total. The summed E-state index contributed by atoms with van der Waals surface area (Å²) in [6.07, 6.45) is 2.71. The van der Waals surface area contributed by atoms with Crippen molar-refractivity contribution in [3.8, 4) is 0 Å². The van der Waals surface area contributed by atoms with Gasteiger partial charge in [0.15, 0.2) is 0 Å². The van der Waals surface area contributed by atoms with Gasteiger partial charge in [-0.1, -0.05) is 33.6 Å². The third kappa shape index (κ3) is 10.7. The fourth-order valence-corrected chi connectivity index (χ4v) is 0.577. The maximum absolute atomic E-state index is 2.25. The predicted octanol–water partition coefficient (Wildman–Crippen LogP) is 2.06. The first-order valence-electron chi connectivity index (χ1n) is 2.77. The molecule has 0 rings (SSSR count). The molecule has 0 aromatic carbocycles. The normalized spacial score (nSPS) is 8.57. The lowest BCUT2D eigenvalue weighted by atomic mass is 10.1. The van der Waals surface area contributed by atoms with Crippen molar-refractivity contribution in [3.63, 3.8) is 0 Å². The Balaban J connectivity index is 0. The molecule has 3 radical (unpaired) electrons. The standard InChI is InChI=1S/C6H14.B/c1-4-5-6(2)3;/h6H,4-5H2,1-3H3;. The molecule has 0 aliphatic carbocycles. The van der Waals surface area contributed by atoms with Crippen LogP contribution in [0.15, 0.2) is 0 Å². The van der Waals surface area contributed by atoms with Gasteiger partial charge in [-0.15, -0.1) is 0 Å². The Morgan fingerprint density at radius 3 is 1.71 bits per heavy atom. The van der Waals surface area contributed by atoms with Gasteiger partial charge in [-0.3, -0.25) is 0 Å². The van der Waals surface area contributed by atoms with E-state index in [1.54, 1.807) is 0 Å². The Labute approximate surface area is 48.9 Å². The Morgan fingerprint density at radius 1 is 1.29 bits per heavy atom. The lowest BCUT2D eigenvalue weighted by molar-refractivity contribution is 0.576. The lowest BCUT2D eigenvalue weighted by Gasteiger charge is -1.95. The van der Waals surface area contributed by atoms with Gasteiger partial charge in [-0.25, -0.2) is 0 Å². The van der Waals surface area contributed by atoms with Crippen molar-refractivity contribution >= 4 is 8.41 Å². The highest BCUT2D eigenvalue weighted by molar-refractivity contribution is 5.75. The third-order valence-electron chi connectivity index (χ3n) is 0.866. The van der Waals surface area contributed by atoms with Crippen molar-refractivity contribution < 1.29 is 0 Å². The first-order valence-corrected chi connectivity index (χ1v) is 2.77. The van der Waals surface area contributed by atoms with Gasteiger partial charge < -0.3 is 0 Å². The highest BCUT2D eigenvalue weighted by Gasteiger charge is 1.85. The van der Waals surface area contributed by atoms with Crippen molar-refractivity contribution in [1.82, 2.24) is 0 Å². The molecule has 0 saturated heterocycles. The lowest BCUT2D eigenvalue weighted by Crippen LogP contribution is -1.81. The Kier molecular flexibility index (Phi) is 8.78. The van der Waals surface area contributed by atoms with Crippen LogP contribution in [0.3, 0.4) is 0 Å². The van der Waals surface area contributed by atoms with E-state index in [0.29, 0.717) is 0 Å². The van der Waals surface area contributed by atoms with Gasteiger partial charge in [0.25, 0.3) is 0 Å². The van der Waals surface area contributed by atoms with Gasteiger partial charge in [0.05, 0.1) is 0 Å². The maximum atomic E-state index is 2.25. The van der Waals surface area contributed by atoms with Crippen LogP contribution in [0, 0.1) is 5.92 Å². The van der Waals surface area contributed by atoms with Crippen molar-refractivity contribution in [2.24, 2.45) is 5.92 Å².